The minimum absolute atomic E-state index is 0.124. The van der Waals surface area contributed by atoms with Crippen LogP contribution in [-0.4, -0.2) is 52.6 Å². The molecule has 1 saturated heterocycles. The van der Waals surface area contributed by atoms with Gasteiger partial charge in [-0.1, -0.05) is 58.9 Å². The van der Waals surface area contributed by atoms with Gasteiger partial charge in [-0.2, -0.15) is 0 Å². The fourth-order valence-electron chi connectivity index (χ4n) is 4.25. The molecule has 1 aliphatic rings. The van der Waals surface area contributed by atoms with Crippen molar-refractivity contribution >= 4 is 23.2 Å². The molecule has 6 nitrogen and oxygen atoms in total. The molecule has 1 aliphatic heterocycles. The second kappa shape index (κ2) is 10.4. The lowest BCUT2D eigenvalue weighted by atomic mass is 9.85. The monoisotopic (exact) mass is 471 g/mol. The van der Waals surface area contributed by atoms with E-state index in [9.17, 15) is 14.7 Å². The predicted molar refractivity (Wildman–Crippen MR) is 134 cm³/mol. The molecule has 0 saturated carbocycles. The molecule has 180 valence electrons. The lowest BCUT2D eigenvalue weighted by Gasteiger charge is -2.36. The fraction of sp³-hybridized carbons (Fsp3) is 0.538. The molecule has 33 heavy (non-hydrogen) atoms. The summed E-state index contributed by atoms with van der Waals surface area (Å²) in [5.41, 5.74) is 3.09. The van der Waals surface area contributed by atoms with Crippen LogP contribution in [0.15, 0.2) is 35.7 Å². The normalized spacial score (nSPS) is 19.7. The number of aliphatic hydroxyl groups is 1. The Hall–Kier alpha value is -2.22. The Morgan fingerprint density at radius 1 is 1.18 bits per heavy atom. The number of thiophene rings is 1. The number of carbonyl (C=O) groups is 2. The summed E-state index contributed by atoms with van der Waals surface area (Å²) < 4.78 is 0. The maximum absolute atomic E-state index is 13.4. The van der Waals surface area contributed by atoms with E-state index in [1.54, 1.807) is 16.2 Å². The van der Waals surface area contributed by atoms with Crippen molar-refractivity contribution in [3.05, 3.63) is 46.8 Å². The first kappa shape index (κ1) is 25.4. The van der Waals surface area contributed by atoms with Crippen LogP contribution in [-0.2, 0) is 16.1 Å². The first-order valence-corrected chi connectivity index (χ1v) is 12.5. The Morgan fingerprint density at radius 2 is 1.85 bits per heavy atom. The smallest absolute Gasteiger partial charge is 0.243 e. The second-order valence-corrected chi connectivity index (χ2v) is 11.3. The fourth-order valence-corrected chi connectivity index (χ4v) is 5.18. The van der Waals surface area contributed by atoms with Crippen LogP contribution in [0.1, 0.15) is 52.2 Å². The number of benzene rings is 1. The zero-order chi connectivity index (χ0) is 24.3. The molecule has 1 fully saturated rings. The number of hydrogen-bond acceptors (Lipinski definition) is 5. The maximum atomic E-state index is 13.4. The van der Waals surface area contributed by atoms with Crippen LogP contribution in [0.5, 0.6) is 0 Å². The highest BCUT2D eigenvalue weighted by Gasteiger charge is 2.43. The van der Waals surface area contributed by atoms with Crippen molar-refractivity contribution in [2.75, 3.05) is 6.54 Å². The highest BCUT2D eigenvalue weighted by Crippen LogP contribution is 2.29. The number of rotatable bonds is 7. The molecule has 3 unspecified atom stereocenters. The summed E-state index contributed by atoms with van der Waals surface area (Å²) in [4.78, 5) is 29.3. The van der Waals surface area contributed by atoms with Gasteiger partial charge in [-0.25, -0.2) is 0 Å². The molecule has 2 amide bonds. The molecule has 0 radical (unpaired) electrons. The van der Waals surface area contributed by atoms with E-state index in [1.165, 1.54) is 16.0 Å². The van der Waals surface area contributed by atoms with Crippen LogP contribution in [0.4, 0.5) is 0 Å². The van der Waals surface area contributed by atoms with Crippen LogP contribution in [0, 0.1) is 12.3 Å². The van der Waals surface area contributed by atoms with E-state index in [1.807, 2.05) is 46.8 Å². The maximum Gasteiger partial charge on any atom is 0.243 e. The van der Waals surface area contributed by atoms with E-state index in [2.05, 4.69) is 41.1 Å². The van der Waals surface area contributed by atoms with Crippen LogP contribution in [0.3, 0.4) is 0 Å². The molecule has 2 heterocycles. The van der Waals surface area contributed by atoms with Gasteiger partial charge in [0, 0.05) is 30.4 Å². The SMILES string of the molecule is Cc1ccsc1-c1ccc(CNC(=O)C2CC(O)CN2C(=O)C(NC(C)C)C(C)(C)C)cc1. The number of hydrogen-bond donors (Lipinski definition) is 3. The van der Waals surface area contributed by atoms with Gasteiger partial charge >= 0.3 is 0 Å². The van der Waals surface area contributed by atoms with Gasteiger partial charge in [-0.05, 0) is 40.5 Å². The summed E-state index contributed by atoms with van der Waals surface area (Å²) in [6.07, 6.45) is -0.440. The van der Waals surface area contributed by atoms with Gasteiger partial charge in [0.25, 0.3) is 0 Å². The summed E-state index contributed by atoms with van der Waals surface area (Å²) >= 11 is 1.72. The molecule has 7 heteroatoms. The van der Waals surface area contributed by atoms with Gasteiger partial charge in [0.1, 0.15) is 6.04 Å². The van der Waals surface area contributed by atoms with Crippen LogP contribution in [0.25, 0.3) is 10.4 Å². The van der Waals surface area contributed by atoms with E-state index < -0.39 is 18.2 Å². The van der Waals surface area contributed by atoms with Gasteiger partial charge in [0.2, 0.25) is 11.8 Å². The molecule has 0 bridgehead atoms. The van der Waals surface area contributed by atoms with Gasteiger partial charge < -0.3 is 20.6 Å². The van der Waals surface area contributed by atoms with Gasteiger partial charge in [0.15, 0.2) is 0 Å². The highest BCUT2D eigenvalue weighted by molar-refractivity contribution is 7.13. The van der Waals surface area contributed by atoms with E-state index in [0.717, 1.165) is 5.56 Å². The molecule has 2 aromatic rings. The number of carbonyl (C=O) groups excluding carboxylic acids is 2. The Bertz CT molecular complexity index is 962. The number of aliphatic hydroxyl groups excluding tert-OH is 1. The van der Waals surface area contributed by atoms with Crippen molar-refractivity contribution in [1.29, 1.82) is 0 Å². The Kier molecular flexibility index (Phi) is 7.98. The first-order chi connectivity index (χ1) is 15.5. The summed E-state index contributed by atoms with van der Waals surface area (Å²) in [7, 11) is 0. The largest absolute Gasteiger partial charge is 0.391 e. The quantitative estimate of drug-likeness (QED) is 0.575. The molecule has 1 aromatic carbocycles. The van der Waals surface area contributed by atoms with E-state index >= 15 is 0 Å². The number of β-amino-alcohol motifs (C(OH)–C–C–N with tert-alkyl or cyclic N) is 1. The summed E-state index contributed by atoms with van der Waals surface area (Å²) in [5, 5.41) is 18.7. The molecular formula is C26H37N3O3S. The number of likely N-dealkylation sites (tertiary alicyclic amines) is 1. The molecule has 1 aromatic heterocycles. The van der Waals surface area contributed by atoms with E-state index in [0.29, 0.717) is 6.54 Å². The topological polar surface area (TPSA) is 81.7 Å². The van der Waals surface area contributed by atoms with E-state index in [-0.39, 0.29) is 36.2 Å². The molecule has 0 aliphatic carbocycles. The van der Waals surface area contributed by atoms with Crippen LogP contribution >= 0.6 is 11.3 Å². The van der Waals surface area contributed by atoms with Crippen molar-refractivity contribution in [2.45, 2.75) is 78.7 Å². The van der Waals surface area contributed by atoms with E-state index in [4.69, 9.17) is 0 Å². The molecule has 0 spiro atoms. The zero-order valence-electron chi connectivity index (χ0n) is 20.5. The van der Waals surface area contributed by atoms with Crippen molar-refractivity contribution < 1.29 is 14.7 Å². The average molecular weight is 472 g/mol. The highest BCUT2D eigenvalue weighted by atomic mass is 32.1. The average Bonchev–Trinajstić information content (AvgIpc) is 3.35. The Balaban J connectivity index is 1.66. The Labute approximate surface area is 201 Å². The minimum Gasteiger partial charge on any atom is -0.391 e. The lowest BCUT2D eigenvalue weighted by Crippen LogP contribution is -2.57. The minimum atomic E-state index is -0.697. The van der Waals surface area contributed by atoms with Crippen molar-refractivity contribution in [3.63, 3.8) is 0 Å². The number of nitrogens with one attached hydrogen (secondary N) is 2. The van der Waals surface area contributed by atoms with Gasteiger partial charge in [-0.3, -0.25) is 9.59 Å². The van der Waals surface area contributed by atoms with Crippen molar-refractivity contribution in [1.82, 2.24) is 15.5 Å². The second-order valence-electron chi connectivity index (χ2n) is 10.4. The third-order valence-corrected chi connectivity index (χ3v) is 7.09. The molecule has 3 N–H and O–H groups in total. The van der Waals surface area contributed by atoms with Gasteiger partial charge in [0.05, 0.1) is 12.1 Å². The zero-order valence-corrected chi connectivity index (χ0v) is 21.3. The summed E-state index contributed by atoms with van der Waals surface area (Å²) in [6, 6.07) is 9.30. The lowest BCUT2D eigenvalue weighted by molar-refractivity contribution is -0.142. The Morgan fingerprint density at radius 3 is 2.39 bits per heavy atom. The third kappa shape index (κ3) is 6.22. The first-order valence-electron chi connectivity index (χ1n) is 11.6. The number of nitrogens with zero attached hydrogens (tertiary/aromatic N) is 1. The number of amides is 2. The van der Waals surface area contributed by atoms with Crippen molar-refractivity contribution in [2.24, 2.45) is 5.41 Å². The summed E-state index contributed by atoms with van der Waals surface area (Å²) in [5.74, 6) is -0.362. The van der Waals surface area contributed by atoms with Gasteiger partial charge in [-0.15, -0.1) is 11.3 Å². The molecule has 3 atom stereocenters. The van der Waals surface area contributed by atoms with Crippen LogP contribution in [0.2, 0.25) is 0 Å². The molecule has 3 rings (SSSR count). The molecular weight excluding hydrogens is 434 g/mol. The predicted octanol–water partition coefficient (Wildman–Crippen LogP) is 3.71. The number of aryl methyl sites for hydroxylation is 1. The third-order valence-electron chi connectivity index (χ3n) is 6.02. The van der Waals surface area contributed by atoms with Crippen molar-refractivity contribution in [3.8, 4) is 10.4 Å². The standard InChI is InChI=1S/C26H37N3O3S/c1-16(2)28-23(26(4,5)6)25(32)29-15-20(30)13-21(29)24(31)27-14-18-7-9-19(10-8-18)22-17(3)11-12-33-22/h7-12,16,20-21,23,28,30H,13-15H2,1-6H3,(H,27,31). The van der Waals surface area contributed by atoms with Crippen LogP contribution < -0.4 is 10.6 Å². The summed E-state index contributed by atoms with van der Waals surface area (Å²) in [6.45, 7) is 12.7.